The number of hydrogen-bond donors (Lipinski definition) is 1. The molecule has 0 spiro atoms. The van der Waals surface area contributed by atoms with E-state index < -0.39 is 4.92 Å². The van der Waals surface area contributed by atoms with Crippen molar-refractivity contribution >= 4 is 34.3 Å². The van der Waals surface area contributed by atoms with Crippen molar-refractivity contribution < 1.29 is 23.9 Å². The Morgan fingerprint density at radius 2 is 2.19 bits per heavy atom. The lowest BCUT2D eigenvalue weighted by atomic mass is 10.2. The van der Waals surface area contributed by atoms with Crippen LogP contribution in [0.4, 0.5) is 10.8 Å². The van der Waals surface area contributed by atoms with E-state index in [1.807, 2.05) is 0 Å². The van der Waals surface area contributed by atoms with Crippen molar-refractivity contribution in [3.63, 3.8) is 0 Å². The predicted octanol–water partition coefficient (Wildman–Crippen LogP) is 2.62. The van der Waals surface area contributed by atoms with Crippen LogP contribution in [0.25, 0.3) is 0 Å². The van der Waals surface area contributed by atoms with E-state index in [1.54, 1.807) is 18.4 Å². The van der Waals surface area contributed by atoms with E-state index >= 15 is 0 Å². The number of anilines is 1. The molecule has 1 aromatic heterocycles. The summed E-state index contributed by atoms with van der Waals surface area (Å²) in [6.07, 6.45) is 1.47. The number of aromatic nitrogens is 1. The van der Waals surface area contributed by atoms with Crippen molar-refractivity contribution in [1.29, 1.82) is 0 Å². The van der Waals surface area contributed by atoms with Crippen molar-refractivity contribution in [2.24, 2.45) is 5.10 Å². The first-order valence-corrected chi connectivity index (χ1v) is 8.66. The number of nitrogens with one attached hydrogen (secondary N) is 1. The first-order chi connectivity index (χ1) is 13.0. The number of hydrogen-bond acceptors (Lipinski definition) is 10. The van der Waals surface area contributed by atoms with E-state index in [2.05, 4.69) is 15.5 Å². The molecule has 10 nitrogen and oxygen atoms in total. The Morgan fingerprint density at radius 3 is 2.81 bits per heavy atom. The van der Waals surface area contributed by atoms with Gasteiger partial charge in [0.15, 0.2) is 5.75 Å². The predicted molar refractivity (Wildman–Crippen MR) is 99.9 cm³/mol. The van der Waals surface area contributed by atoms with Crippen molar-refractivity contribution in [3.05, 3.63) is 38.9 Å². The molecular formula is C16H18N4O6S. The number of nitrogens with zero attached hydrogens (tertiary/aromatic N) is 3. The number of rotatable bonds is 9. The SMILES string of the molecule is CCOC(=O)Cc1csc(N/N=C\c2cc(OC)c(OC)c([N+](=O)[O-])c2)n1. The minimum atomic E-state index is -0.561. The molecule has 0 amide bonds. The fourth-order valence-corrected chi connectivity index (χ4v) is 2.80. The third-order valence-corrected chi connectivity index (χ3v) is 4.03. The summed E-state index contributed by atoms with van der Waals surface area (Å²) in [7, 11) is 2.72. The summed E-state index contributed by atoms with van der Waals surface area (Å²) >= 11 is 1.27. The summed E-state index contributed by atoms with van der Waals surface area (Å²) in [4.78, 5) is 26.3. The number of carbonyl (C=O) groups excluding carboxylic acids is 1. The van der Waals surface area contributed by atoms with E-state index in [-0.39, 0.29) is 29.6 Å². The Labute approximate surface area is 158 Å². The highest BCUT2D eigenvalue weighted by Gasteiger charge is 2.21. The zero-order chi connectivity index (χ0) is 19.8. The quantitative estimate of drug-likeness (QED) is 0.298. The summed E-state index contributed by atoms with van der Waals surface area (Å²) < 4.78 is 15.0. The molecule has 144 valence electrons. The minimum Gasteiger partial charge on any atom is -0.493 e. The van der Waals surface area contributed by atoms with E-state index in [0.717, 1.165) is 0 Å². The van der Waals surface area contributed by atoms with Gasteiger partial charge in [0.2, 0.25) is 10.9 Å². The molecule has 0 saturated heterocycles. The summed E-state index contributed by atoms with van der Waals surface area (Å²) in [6, 6.07) is 2.88. The second kappa shape index (κ2) is 9.48. The maximum atomic E-state index is 11.4. The number of nitro benzene ring substituents is 1. The van der Waals surface area contributed by atoms with Gasteiger partial charge >= 0.3 is 11.7 Å². The fraction of sp³-hybridized carbons (Fsp3) is 0.312. The number of hydrazone groups is 1. The van der Waals surface area contributed by atoms with Gasteiger partial charge < -0.3 is 14.2 Å². The van der Waals surface area contributed by atoms with Crippen LogP contribution in [0.3, 0.4) is 0 Å². The van der Waals surface area contributed by atoms with Crippen LogP contribution in [-0.4, -0.2) is 42.9 Å². The number of thiazole rings is 1. The van der Waals surface area contributed by atoms with Gasteiger partial charge in [-0.2, -0.15) is 5.10 Å². The average Bonchev–Trinajstić information content (AvgIpc) is 3.08. The summed E-state index contributed by atoms with van der Waals surface area (Å²) in [5, 5.41) is 17.4. The fourth-order valence-electron chi connectivity index (χ4n) is 2.14. The third-order valence-electron chi connectivity index (χ3n) is 3.23. The van der Waals surface area contributed by atoms with Gasteiger partial charge in [-0.3, -0.25) is 20.3 Å². The number of carbonyl (C=O) groups is 1. The van der Waals surface area contributed by atoms with Crippen LogP contribution in [0, 0.1) is 10.1 Å². The standard InChI is InChI=1S/C16H18N4O6S/c1-4-26-14(21)7-11-9-27-16(18-11)19-17-8-10-5-12(20(22)23)15(25-3)13(6-10)24-2/h5-6,8-9H,4,7H2,1-3H3,(H,18,19)/b17-8-. The molecule has 0 aliphatic rings. The first kappa shape index (κ1) is 20.1. The Hall–Kier alpha value is -3.21. The first-order valence-electron chi connectivity index (χ1n) is 7.78. The molecule has 0 unspecified atom stereocenters. The topological polar surface area (TPSA) is 125 Å². The van der Waals surface area contributed by atoms with Gasteiger partial charge in [-0.05, 0) is 13.0 Å². The van der Waals surface area contributed by atoms with Crippen LogP contribution in [0.15, 0.2) is 22.6 Å². The van der Waals surface area contributed by atoms with E-state index in [0.29, 0.717) is 23.0 Å². The Balaban J connectivity index is 2.10. The lowest BCUT2D eigenvalue weighted by molar-refractivity contribution is -0.385. The zero-order valence-corrected chi connectivity index (χ0v) is 15.7. The number of nitro groups is 1. The van der Waals surface area contributed by atoms with Gasteiger partial charge in [0, 0.05) is 17.0 Å². The maximum absolute atomic E-state index is 11.4. The number of benzene rings is 1. The van der Waals surface area contributed by atoms with Gasteiger partial charge in [0.05, 0.1) is 44.1 Å². The lowest BCUT2D eigenvalue weighted by Crippen LogP contribution is -2.07. The second-order valence-electron chi connectivity index (χ2n) is 5.03. The lowest BCUT2D eigenvalue weighted by Gasteiger charge is -2.08. The molecule has 2 rings (SSSR count). The highest BCUT2D eigenvalue weighted by atomic mass is 32.1. The Bertz CT molecular complexity index is 851. The van der Waals surface area contributed by atoms with E-state index in [9.17, 15) is 14.9 Å². The summed E-state index contributed by atoms with van der Waals surface area (Å²) in [5.74, 6) is -0.0919. The van der Waals surface area contributed by atoms with Crippen LogP contribution < -0.4 is 14.9 Å². The van der Waals surface area contributed by atoms with Gasteiger partial charge in [0.1, 0.15) is 0 Å². The molecule has 0 aliphatic carbocycles. The average molecular weight is 394 g/mol. The molecule has 1 N–H and O–H groups in total. The van der Waals surface area contributed by atoms with Gasteiger partial charge in [0.25, 0.3) is 0 Å². The third kappa shape index (κ3) is 5.38. The highest BCUT2D eigenvalue weighted by molar-refractivity contribution is 7.13. The second-order valence-corrected chi connectivity index (χ2v) is 5.89. The molecule has 0 saturated carbocycles. The molecule has 11 heteroatoms. The minimum absolute atomic E-state index is 0.0381. The number of esters is 1. The molecule has 0 fully saturated rings. The highest BCUT2D eigenvalue weighted by Crippen LogP contribution is 2.37. The van der Waals surface area contributed by atoms with Crippen molar-refractivity contribution in [1.82, 2.24) is 4.98 Å². The summed E-state index contributed by atoms with van der Waals surface area (Å²) in [6.45, 7) is 2.05. The number of ether oxygens (including phenoxy) is 3. The molecule has 1 heterocycles. The smallest absolute Gasteiger partial charge is 0.315 e. The molecule has 0 aliphatic heterocycles. The van der Waals surface area contributed by atoms with Crippen LogP contribution in [0.2, 0.25) is 0 Å². The molecule has 1 aromatic carbocycles. The van der Waals surface area contributed by atoms with E-state index in [1.165, 1.54) is 37.8 Å². The molecule has 2 aromatic rings. The summed E-state index contributed by atoms with van der Waals surface area (Å²) in [5.41, 5.74) is 3.49. The maximum Gasteiger partial charge on any atom is 0.315 e. The molecule has 0 bridgehead atoms. The van der Waals surface area contributed by atoms with Gasteiger partial charge in [-0.1, -0.05) is 0 Å². The van der Waals surface area contributed by atoms with Crippen LogP contribution in [0.1, 0.15) is 18.2 Å². The van der Waals surface area contributed by atoms with Crippen molar-refractivity contribution in [3.8, 4) is 11.5 Å². The van der Waals surface area contributed by atoms with Crippen LogP contribution in [0.5, 0.6) is 11.5 Å². The van der Waals surface area contributed by atoms with Gasteiger partial charge in [-0.25, -0.2) is 4.98 Å². The molecular weight excluding hydrogens is 376 g/mol. The van der Waals surface area contributed by atoms with Gasteiger partial charge in [-0.15, -0.1) is 11.3 Å². The van der Waals surface area contributed by atoms with Crippen molar-refractivity contribution in [2.75, 3.05) is 26.3 Å². The monoisotopic (exact) mass is 394 g/mol. The Morgan fingerprint density at radius 1 is 1.41 bits per heavy atom. The van der Waals surface area contributed by atoms with Crippen molar-refractivity contribution in [2.45, 2.75) is 13.3 Å². The largest absolute Gasteiger partial charge is 0.493 e. The number of methoxy groups -OCH3 is 2. The Kier molecular flexibility index (Phi) is 7.06. The van der Waals surface area contributed by atoms with Crippen LogP contribution >= 0.6 is 11.3 Å². The normalized spacial score (nSPS) is 10.6. The van der Waals surface area contributed by atoms with Crippen LogP contribution in [-0.2, 0) is 16.0 Å². The molecule has 0 radical (unpaired) electrons. The zero-order valence-electron chi connectivity index (χ0n) is 14.9. The molecule has 0 atom stereocenters. The molecule has 27 heavy (non-hydrogen) atoms. The van der Waals surface area contributed by atoms with E-state index in [4.69, 9.17) is 14.2 Å².